The monoisotopic (exact) mass is 294 g/mol. The molecule has 1 heterocycles. The smallest absolute Gasteiger partial charge is 0.169 e. The Balaban J connectivity index is 1.64. The molecule has 1 N–H and O–H groups in total. The molecule has 3 fully saturated rings. The first-order valence-electron chi connectivity index (χ1n) is 8.44. The van der Waals surface area contributed by atoms with E-state index in [9.17, 15) is 0 Å². The summed E-state index contributed by atoms with van der Waals surface area (Å²) in [6.45, 7) is 8.49. The maximum Gasteiger partial charge on any atom is 0.169 e. The highest BCUT2D eigenvalue weighted by Gasteiger charge is 2.50. The zero-order valence-electron chi connectivity index (χ0n) is 13.4. The summed E-state index contributed by atoms with van der Waals surface area (Å²) in [6.07, 6.45) is 10.7. The van der Waals surface area contributed by atoms with Gasteiger partial charge in [-0.2, -0.15) is 0 Å². The predicted octanol–water partition coefficient (Wildman–Crippen LogP) is 4.09. The molecule has 2 saturated carbocycles. The molecule has 20 heavy (non-hydrogen) atoms. The van der Waals surface area contributed by atoms with E-state index in [1.54, 1.807) is 0 Å². The van der Waals surface area contributed by atoms with Gasteiger partial charge in [-0.1, -0.05) is 40.0 Å². The van der Waals surface area contributed by atoms with Crippen molar-refractivity contribution in [1.29, 1.82) is 0 Å². The van der Waals surface area contributed by atoms with Gasteiger partial charge in [-0.15, -0.1) is 0 Å². The average molecular weight is 295 g/mol. The van der Waals surface area contributed by atoms with Crippen molar-refractivity contribution in [2.45, 2.75) is 84.2 Å². The van der Waals surface area contributed by atoms with Crippen LogP contribution in [0.3, 0.4) is 0 Å². The molecule has 2 atom stereocenters. The summed E-state index contributed by atoms with van der Waals surface area (Å²) in [5.74, 6) is 0. The summed E-state index contributed by atoms with van der Waals surface area (Å²) in [6, 6.07) is 1.31. The lowest BCUT2D eigenvalue weighted by Gasteiger charge is -2.39. The van der Waals surface area contributed by atoms with E-state index in [-0.39, 0.29) is 0 Å². The van der Waals surface area contributed by atoms with Crippen molar-refractivity contribution in [1.82, 2.24) is 10.2 Å². The molecule has 0 radical (unpaired) electrons. The first-order chi connectivity index (χ1) is 9.37. The third kappa shape index (κ3) is 2.98. The van der Waals surface area contributed by atoms with Crippen molar-refractivity contribution in [3.8, 4) is 0 Å². The summed E-state index contributed by atoms with van der Waals surface area (Å²) in [7, 11) is 0. The average Bonchev–Trinajstić information content (AvgIpc) is 2.60. The minimum Gasteiger partial charge on any atom is -0.360 e. The van der Waals surface area contributed by atoms with Crippen LogP contribution < -0.4 is 5.32 Å². The van der Waals surface area contributed by atoms with Crippen molar-refractivity contribution in [3.63, 3.8) is 0 Å². The largest absolute Gasteiger partial charge is 0.360 e. The fraction of sp³-hybridized carbons (Fsp3) is 0.941. The molecule has 0 aromatic rings. The van der Waals surface area contributed by atoms with Gasteiger partial charge in [0.2, 0.25) is 0 Å². The van der Waals surface area contributed by atoms with Crippen LogP contribution in [0.15, 0.2) is 0 Å². The van der Waals surface area contributed by atoms with Gasteiger partial charge in [-0.25, -0.2) is 0 Å². The van der Waals surface area contributed by atoms with Gasteiger partial charge in [0.1, 0.15) is 0 Å². The van der Waals surface area contributed by atoms with E-state index in [0.29, 0.717) is 22.9 Å². The molecule has 3 rings (SSSR count). The molecule has 0 amide bonds. The van der Waals surface area contributed by atoms with E-state index < -0.39 is 0 Å². The maximum atomic E-state index is 5.76. The van der Waals surface area contributed by atoms with Crippen LogP contribution in [-0.4, -0.2) is 28.6 Å². The minimum atomic E-state index is 0.477. The Labute approximate surface area is 129 Å². The van der Waals surface area contributed by atoms with Crippen LogP contribution in [0.2, 0.25) is 0 Å². The SMILES string of the molecule is CC1(C)CC2CC(C)(CN2C(=S)NC2CCCCC2)C1. The molecule has 1 aliphatic heterocycles. The van der Waals surface area contributed by atoms with E-state index >= 15 is 0 Å². The lowest BCUT2D eigenvalue weighted by atomic mass is 9.65. The fourth-order valence-corrected chi connectivity index (χ4v) is 5.58. The number of rotatable bonds is 1. The number of likely N-dealkylation sites (tertiary alicyclic amines) is 1. The first kappa shape index (κ1) is 14.6. The van der Waals surface area contributed by atoms with E-state index in [1.807, 2.05) is 0 Å². The Bertz CT molecular complexity index is 386. The quantitative estimate of drug-likeness (QED) is 0.733. The normalized spacial score (nSPS) is 37.0. The number of nitrogens with one attached hydrogen (secondary N) is 1. The summed E-state index contributed by atoms with van der Waals surface area (Å²) in [5.41, 5.74) is 0.956. The van der Waals surface area contributed by atoms with Crippen LogP contribution in [-0.2, 0) is 0 Å². The van der Waals surface area contributed by atoms with E-state index in [1.165, 1.54) is 57.9 Å². The van der Waals surface area contributed by atoms with Crippen LogP contribution in [0.5, 0.6) is 0 Å². The summed E-state index contributed by atoms with van der Waals surface area (Å²) in [4.78, 5) is 2.53. The number of hydrogen-bond donors (Lipinski definition) is 1. The Morgan fingerprint density at radius 1 is 1.10 bits per heavy atom. The van der Waals surface area contributed by atoms with Gasteiger partial charge in [0.15, 0.2) is 5.11 Å². The highest BCUT2D eigenvalue weighted by Crippen LogP contribution is 2.52. The van der Waals surface area contributed by atoms with Gasteiger partial charge >= 0.3 is 0 Å². The zero-order valence-corrected chi connectivity index (χ0v) is 14.2. The second-order valence-corrected chi connectivity index (χ2v) is 9.01. The summed E-state index contributed by atoms with van der Waals surface area (Å²) >= 11 is 5.76. The van der Waals surface area contributed by atoms with Crippen molar-refractivity contribution in [2.24, 2.45) is 10.8 Å². The molecule has 2 aliphatic carbocycles. The molecule has 0 spiro atoms. The molecule has 2 nitrogen and oxygen atoms in total. The molecule has 0 aromatic heterocycles. The van der Waals surface area contributed by atoms with Gasteiger partial charge in [0.05, 0.1) is 0 Å². The van der Waals surface area contributed by atoms with E-state index in [0.717, 1.165) is 5.11 Å². The molecule has 1 saturated heterocycles. The number of hydrogen-bond acceptors (Lipinski definition) is 1. The Kier molecular flexibility index (Phi) is 3.77. The van der Waals surface area contributed by atoms with Gasteiger partial charge in [0, 0.05) is 18.6 Å². The number of nitrogens with zero attached hydrogens (tertiary/aromatic N) is 1. The number of thiocarbonyl (C=S) groups is 1. The van der Waals surface area contributed by atoms with Crippen molar-refractivity contribution in [3.05, 3.63) is 0 Å². The lowest BCUT2D eigenvalue weighted by molar-refractivity contribution is 0.132. The molecule has 2 unspecified atom stereocenters. The van der Waals surface area contributed by atoms with Gasteiger partial charge in [-0.05, 0) is 55.2 Å². The van der Waals surface area contributed by atoms with E-state index in [2.05, 4.69) is 31.0 Å². The molecule has 114 valence electrons. The van der Waals surface area contributed by atoms with Crippen molar-refractivity contribution >= 4 is 17.3 Å². The summed E-state index contributed by atoms with van der Waals surface area (Å²) < 4.78 is 0. The molecular formula is C17H30N2S. The second kappa shape index (κ2) is 5.15. The Morgan fingerprint density at radius 3 is 2.50 bits per heavy atom. The second-order valence-electron chi connectivity index (χ2n) is 8.63. The molecular weight excluding hydrogens is 264 g/mol. The van der Waals surface area contributed by atoms with Crippen LogP contribution in [0.1, 0.15) is 72.1 Å². The number of fused-ring (bicyclic) bond motifs is 2. The van der Waals surface area contributed by atoms with Crippen molar-refractivity contribution < 1.29 is 0 Å². The van der Waals surface area contributed by atoms with Gasteiger partial charge < -0.3 is 10.2 Å². The minimum absolute atomic E-state index is 0.477. The van der Waals surface area contributed by atoms with Gasteiger partial charge in [0.25, 0.3) is 0 Å². The maximum absolute atomic E-state index is 5.76. The highest BCUT2D eigenvalue weighted by atomic mass is 32.1. The van der Waals surface area contributed by atoms with Gasteiger partial charge in [-0.3, -0.25) is 0 Å². The summed E-state index contributed by atoms with van der Waals surface area (Å²) in [5, 5.41) is 4.72. The van der Waals surface area contributed by atoms with Crippen LogP contribution in [0.4, 0.5) is 0 Å². The third-order valence-electron chi connectivity index (χ3n) is 5.61. The molecule has 0 aromatic carbocycles. The molecule has 3 aliphatic rings. The highest BCUT2D eigenvalue weighted by molar-refractivity contribution is 7.80. The standard InChI is InChI=1S/C17H30N2S/c1-16(2)9-14-10-17(3,11-16)12-19(14)15(20)18-13-7-5-4-6-8-13/h13-14H,4-12H2,1-3H3,(H,18,20). The Morgan fingerprint density at radius 2 is 1.80 bits per heavy atom. The lowest BCUT2D eigenvalue weighted by Crippen LogP contribution is -2.47. The zero-order chi connectivity index (χ0) is 14.4. The molecule has 2 bridgehead atoms. The molecule has 3 heteroatoms. The predicted molar refractivity (Wildman–Crippen MR) is 88.8 cm³/mol. The topological polar surface area (TPSA) is 15.3 Å². The van der Waals surface area contributed by atoms with Crippen LogP contribution in [0.25, 0.3) is 0 Å². The Hall–Kier alpha value is -0.310. The van der Waals surface area contributed by atoms with Crippen molar-refractivity contribution in [2.75, 3.05) is 6.54 Å². The van der Waals surface area contributed by atoms with E-state index in [4.69, 9.17) is 12.2 Å². The van der Waals surface area contributed by atoms with Crippen LogP contribution in [0, 0.1) is 10.8 Å². The first-order valence-corrected chi connectivity index (χ1v) is 8.85. The fourth-order valence-electron chi connectivity index (χ4n) is 5.20. The van der Waals surface area contributed by atoms with Crippen LogP contribution >= 0.6 is 12.2 Å². The third-order valence-corrected chi connectivity index (χ3v) is 5.96.